The number of halogens is 3. The normalized spacial score (nSPS) is 18.0. The number of nitrogens with zero attached hydrogens (tertiary/aromatic N) is 1. The highest BCUT2D eigenvalue weighted by Gasteiger charge is 2.36. The number of carbonyl (C=O) groups excluding carboxylic acids is 1. The van der Waals surface area contributed by atoms with Gasteiger partial charge in [-0.15, -0.1) is 0 Å². The number of methoxy groups -OCH3 is 1. The van der Waals surface area contributed by atoms with E-state index in [1.165, 1.54) is 19.2 Å². The summed E-state index contributed by atoms with van der Waals surface area (Å²) in [6.45, 7) is 1.92. The maximum Gasteiger partial charge on any atom is 0.416 e. The van der Waals surface area contributed by atoms with Gasteiger partial charge in [0.1, 0.15) is 6.61 Å². The van der Waals surface area contributed by atoms with Crippen molar-refractivity contribution in [2.24, 2.45) is 0 Å². The van der Waals surface area contributed by atoms with Gasteiger partial charge >= 0.3 is 12.1 Å². The number of ether oxygens (including phenoxy) is 2. The Hall–Kier alpha value is -2.13. The predicted molar refractivity (Wildman–Crippen MR) is 93.2 cm³/mol. The number of nitrogens with one attached hydrogen (secondary N) is 1. The molecule has 0 unspecified atom stereocenters. The lowest BCUT2D eigenvalue weighted by Gasteiger charge is -2.35. The first-order valence-electron chi connectivity index (χ1n) is 7.75. The van der Waals surface area contributed by atoms with Crippen LogP contribution in [0, 0.1) is 0 Å². The van der Waals surface area contributed by atoms with Crippen molar-refractivity contribution < 1.29 is 27.4 Å². The first-order chi connectivity index (χ1) is 12.2. The number of thiocarbonyl (C=S) groups is 1. The van der Waals surface area contributed by atoms with Crippen molar-refractivity contribution in [2.75, 3.05) is 27.4 Å². The summed E-state index contributed by atoms with van der Waals surface area (Å²) < 4.78 is 49.1. The van der Waals surface area contributed by atoms with Crippen molar-refractivity contribution in [2.45, 2.75) is 19.1 Å². The third-order valence-corrected chi connectivity index (χ3v) is 4.43. The Morgan fingerprint density at radius 2 is 2.04 bits per heavy atom. The third-order valence-electron chi connectivity index (χ3n) is 4.04. The number of benzene rings is 1. The second-order valence-corrected chi connectivity index (χ2v) is 6.08. The SMILES string of the molecule is COCCOC(=O)C1=C(C)N(C)C(=S)N[C@H]1c1cccc(C(F)(F)F)c1. The van der Waals surface area contributed by atoms with Gasteiger partial charge in [-0.05, 0) is 36.8 Å². The topological polar surface area (TPSA) is 50.8 Å². The molecule has 0 radical (unpaired) electrons. The number of alkyl halides is 3. The fourth-order valence-electron chi connectivity index (χ4n) is 2.54. The minimum absolute atomic E-state index is 0.0373. The molecule has 1 aliphatic rings. The van der Waals surface area contributed by atoms with E-state index in [0.29, 0.717) is 10.8 Å². The number of hydrogen-bond acceptors (Lipinski definition) is 4. The molecule has 1 atom stereocenters. The van der Waals surface area contributed by atoms with Crippen LogP contribution in [0.5, 0.6) is 0 Å². The maximum atomic E-state index is 13.0. The van der Waals surface area contributed by atoms with Gasteiger partial charge in [-0.2, -0.15) is 13.2 Å². The van der Waals surface area contributed by atoms with Gasteiger partial charge in [-0.1, -0.05) is 12.1 Å². The molecule has 0 saturated heterocycles. The van der Waals surface area contributed by atoms with Crippen molar-refractivity contribution in [3.05, 3.63) is 46.7 Å². The average Bonchev–Trinajstić information content (AvgIpc) is 2.58. The third kappa shape index (κ3) is 4.34. The van der Waals surface area contributed by atoms with Crippen LogP contribution in [0.1, 0.15) is 24.1 Å². The smallest absolute Gasteiger partial charge is 0.416 e. The van der Waals surface area contributed by atoms with Gasteiger partial charge in [0.05, 0.1) is 23.8 Å². The molecule has 0 fully saturated rings. The van der Waals surface area contributed by atoms with Gasteiger partial charge in [0, 0.05) is 19.9 Å². The van der Waals surface area contributed by atoms with Crippen molar-refractivity contribution in [3.63, 3.8) is 0 Å². The number of hydrogen-bond donors (Lipinski definition) is 1. The molecular formula is C17H19F3N2O3S. The lowest BCUT2D eigenvalue weighted by Crippen LogP contribution is -2.46. The zero-order chi connectivity index (χ0) is 19.5. The van der Waals surface area contributed by atoms with Crippen molar-refractivity contribution in [1.82, 2.24) is 10.2 Å². The second-order valence-electron chi connectivity index (χ2n) is 5.69. The van der Waals surface area contributed by atoms with Crippen molar-refractivity contribution >= 4 is 23.3 Å². The molecule has 5 nitrogen and oxygen atoms in total. The van der Waals surface area contributed by atoms with E-state index in [-0.39, 0.29) is 24.4 Å². The number of carbonyl (C=O) groups is 1. The Morgan fingerprint density at radius 1 is 1.35 bits per heavy atom. The lowest BCUT2D eigenvalue weighted by atomic mass is 9.94. The highest BCUT2D eigenvalue weighted by molar-refractivity contribution is 7.80. The molecule has 1 aromatic carbocycles. The van der Waals surface area contributed by atoms with E-state index in [1.807, 2.05) is 0 Å². The molecule has 0 amide bonds. The number of esters is 1. The van der Waals surface area contributed by atoms with Crippen molar-refractivity contribution in [3.8, 4) is 0 Å². The van der Waals surface area contributed by atoms with Gasteiger partial charge in [0.15, 0.2) is 5.11 Å². The fourth-order valence-corrected chi connectivity index (χ4v) is 2.79. The molecule has 0 aliphatic carbocycles. The summed E-state index contributed by atoms with van der Waals surface area (Å²) in [5, 5.41) is 3.22. The van der Waals surface area contributed by atoms with E-state index in [4.69, 9.17) is 21.7 Å². The Labute approximate surface area is 154 Å². The van der Waals surface area contributed by atoms with E-state index in [1.54, 1.807) is 18.9 Å². The van der Waals surface area contributed by atoms with Crippen LogP contribution >= 0.6 is 12.2 Å². The maximum absolute atomic E-state index is 13.0. The molecule has 1 aromatic rings. The molecule has 0 saturated carbocycles. The summed E-state index contributed by atoms with van der Waals surface area (Å²) in [6.07, 6.45) is -4.49. The standard InChI is InChI=1S/C17H19F3N2O3S/c1-10-13(15(23)25-8-7-24-3)14(21-16(26)22(10)2)11-5-4-6-12(9-11)17(18,19)20/h4-6,9,14H,7-8H2,1-3H3,(H,21,26)/t14-/m0/s1. The minimum atomic E-state index is -4.49. The van der Waals surface area contributed by atoms with E-state index >= 15 is 0 Å². The molecule has 142 valence electrons. The van der Waals surface area contributed by atoms with Crippen LogP contribution in [-0.4, -0.2) is 43.4 Å². The quantitative estimate of drug-likeness (QED) is 0.475. The van der Waals surface area contributed by atoms with Gasteiger partial charge < -0.3 is 19.7 Å². The lowest BCUT2D eigenvalue weighted by molar-refractivity contribution is -0.141. The molecule has 0 spiro atoms. The largest absolute Gasteiger partial charge is 0.460 e. The number of allylic oxidation sites excluding steroid dienone is 1. The Morgan fingerprint density at radius 3 is 2.65 bits per heavy atom. The van der Waals surface area contributed by atoms with Gasteiger partial charge in [0.2, 0.25) is 0 Å². The molecule has 1 heterocycles. The molecule has 1 aliphatic heterocycles. The summed E-state index contributed by atoms with van der Waals surface area (Å²) in [7, 11) is 3.13. The highest BCUT2D eigenvalue weighted by atomic mass is 32.1. The van der Waals surface area contributed by atoms with Gasteiger partial charge in [-0.25, -0.2) is 4.79 Å². The van der Waals surface area contributed by atoms with E-state index in [0.717, 1.165) is 12.1 Å². The molecule has 9 heteroatoms. The van der Waals surface area contributed by atoms with Crippen LogP contribution in [0.2, 0.25) is 0 Å². The van der Waals surface area contributed by atoms with E-state index in [2.05, 4.69) is 5.32 Å². The average molecular weight is 388 g/mol. The van der Waals surface area contributed by atoms with Crippen LogP contribution < -0.4 is 5.32 Å². The first kappa shape index (κ1) is 20.2. The zero-order valence-electron chi connectivity index (χ0n) is 14.5. The van der Waals surface area contributed by atoms with Crippen LogP contribution in [0.15, 0.2) is 35.5 Å². The minimum Gasteiger partial charge on any atom is -0.460 e. The second kappa shape index (κ2) is 8.05. The molecule has 1 N–H and O–H groups in total. The predicted octanol–water partition coefficient (Wildman–Crippen LogP) is 3.03. The molecule has 0 aromatic heterocycles. The first-order valence-corrected chi connectivity index (χ1v) is 8.15. The summed E-state index contributed by atoms with van der Waals surface area (Å²) >= 11 is 5.22. The fraction of sp³-hybridized carbons (Fsp3) is 0.412. The Balaban J connectivity index is 2.44. The molecule has 0 bridgehead atoms. The van der Waals surface area contributed by atoms with Crippen LogP contribution in [0.4, 0.5) is 13.2 Å². The van der Waals surface area contributed by atoms with Crippen LogP contribution in [-0.2, 0) is 20.4 Å². The Bertz CT molecular complexity index is 734. The number of rotatable bonds is 5. The van der Waals surface area contributed by atoms with Crippen molar-refractivity contribution in [1.29, 1.82) is 0 Å². The molecule has 2 rings (SSSR count). The van der Waals surface area contributed by atoms with Gasteiger partial charge in [0.25, 0.3) is 0 Å². The Kier molecular flexibility index (Phi) is 6.25. The van der Waals surface area contributed by atoms with E-state index in [9.17, 15) is 18.0 Å². The molecular weight excluding hydrogens is 369 g/mol. The van der Waals surface area contributed by atoms with Crippen LogP contribution in [0.25, 0.3) is 0 Å². The highest BCUT2D eigenvalue weighted by Crippen LogP contribution is 2.35. The van der Waals surface area contributed by atoms with Crippen LogP contribution in [0.3, 0.4) is 0 Å². The van der Waals surface area contributed by atoms with Gasteiger partial charge in [-0.3, -0.25) is 0 Å². The summed E-state index contributed by atoms with van der Waals surface area (Å²) in [4.78, 5) is 14.1. The zero-order valence-corrected chi connectivity index (χ0v) is 15.3. The molecule has 26 heavy (non-hydrogen) atoms. The monoisotopic (exact) mass is 388 g/mol. The van der Waals surface area contributed by atoms with E-state index < -0.39 is 23.8 Å². The summed E-state index contributed by atoms with van der Waals surface area (Å²) in [6, 6.07) is 3.95. The summed E-state index contributed by atoms with van der Waals surface area (Å²) in [5.41, 5.74) is 0.190. The summed E-state index contributed by atoms with van der Waals surface area (Å²) in [5.74, 6) is -0.635.